The minimum absolute atomic E-state index is 0.0141. The number of amides is 1. The fourth-order valence-corrected chi connectivity index (χ4v) is 4.60. The molecule has 1 N–H and O–H groups in total. The van der Waals surface area contributed by atoms with Crippen molar-refractivity contribution in [2.45, 2.75) is 4.90 Å². The molecule has 0 aromatic heterocycles. The first-order valence-corrected chi connectivity index (χ1v) is 10.6. The van der Waals surface area contributed by atoms with Gasteiger partial charge in [0.1, 0.15) is 10.7 Å². The van der Waals surface area contributed by atoms with Crippen LogP contribution in [0.2, 0.25) is 10.0 Å². The van der Waals surface area contributed by atoms with Crippen molar-refractivity contribution in [2.24, 2.45) is 0 Å². The van der Waals surface area contributed by atoms with Crippen molar-refractivity contribution in [3.8, 4) is 0 Å². The van der Waals surface area contributed by atoms with Gasteiger partial charge in [0, 0.05) is 37.4 Å². The number of carbonyl (C=O) groups excluding carboxylic acids is 1. The van der Waals surface area contributed by atoms with Gasteiger partial charge >= 0.3 is 0 Å². The smallest absolute Gasteiger partial charge is 0.255 e. The highest BCUT2D eigenvalue weighted by molar-refractivity contribution is 7.89. The molecule has 0 unspecified atom stereocenters. The molecule has 1 aliphatic rings. The summed E-state index contributed by atoms with van der Waals surface area (Å²) in [4.78, 5) is 14.0. The van der Waals surface area contributed by atoms with Crippen LogP contribution in [0.4, 0.5) is 10.1 Å². The maximum Gasteiger partial charge on any atom is 0.255 e. The summed E-state index contributed by atoms with van der Waals surface area (Å²) < 4.78 is 41.2. The molecule has 1 amide bonds. The number of sulfonamides is 1. The minimum atomic E-state index is -4.04. The number of anilines is 1. The first-order valence-electron chi connectivity index (χ1n) is 8.43. The summed E-state index contributed by atoms with van der Waals surface area (Å²) in [6, 6.07) is 7.80. The first kappa shape index (κ1) is 21.0. The topological polar surface area (TPSA) is 69.7 Å². The Kier molecular flexibility index (Phi) is 6.26. The molecule has 0 aliphatic carbocycles. The van der Waals surface area contributed by atoms with E-state index in [0.29, 0.717) is 23.8 Å². The SMILES string of the molecule is CN1CCN(S(=O)(=O)c2cc(C(=O)Nc3ccc(Cl)c(Cl)c3)ccc2F)CC1. The van der Waals surface area contributed by atoms with E-state index in [1.54, 1.807) is 6.07 Å². The van der Waals surface area contributed by atoms with Crippen LogP contribution in [0.15, 0.2) is 41.3 Å². The second-order valence-electron chi connectivity index (χ2n) is 6.44. The maximum absolute atomic E-state index is 14.3. The average molecular weight is 446 g/mol. The van der Waals surface area contributed by atoms with Crippen LogP contribution in [0.25, 0.3) is 0 Å². The molecule has 0 spiro atoms. The molecule has 150 valence electrons. The summed E-state index contributed by atoms with van der Waals surface area (Å²) in [5, 5.41) is 3.19. The van der Waals surface area contributed by atoms with Crippen molar-refractivity contribution in [1.29, 1.82) is 0 Å². The molecule has 1 heterocycles. The van der Waals surface area contributed by atoms with Gasteiger partial charge in [-0.1, -0.05) is 23.2 Å². The molecule has 0 atom stereocenters. The van der Waals surface area contributed by atoms with E-state index in [-0.39, 0.29) is 23.7 Å². The molecule has 0 bridgehead atoms. The number of piperazine rings is 1. The van der Waals surface area contributed by atoms with Crippen LogP contribution in [0.1, 0.15) is 10.4 Å². The zero-order valence-corrected chi connectivity index (χ0v) is 17.3. The van der Waals surface area contributed by atoms with E-state index in [4.69, 9.17) is 23.2 Å². The first-order chi connectivity index (χ1) is 13.2. The van der Waals surface area contributed by atoms with Crippen LogP contribution in [-0.4, -0.2) is 56.8 Å². The highest BCUT2D eigenvalue weighted by atomic mass is 35.5. The quantitative estimate of drug-likeness (QED) is 0.783. The second-order valence-corrected chi connectivity index (χ2v) is 9.16. The Morgan fingerprint density at radius 1 is 1.04 bits per heavy atom. The Morgan fingerprint density at radius 3 is 2.36 bits per heavy atom. The normalized spacial score (nSPS) is 16.1. The predicted molar refractivity (Wildman–Crippen MR) is 107 cm³/mol. The van der Waals surface area contributed by atoms with Gasteiger partial charge in [-0.3, -0.25) is 4.79 Å². The van der Waals surface area contributed by atoms with Gasteiger partial charge in [-0.25, -0.2) is 12.8 Å². The molecular formula is C18H18Cl2FN3O3S. The monoisotopic (exact) mass is 445 g/mol. The van der Waals surface area contributed by atoms with Gasteiger partial charge in [-0.2, -0.15) is 4.31 Å². The van der Waals surface area contributed by atoms with Crippen molar-refractivity contribution >= 4 is 44.8 Å². The molecule has 2 aromatic rings. The van der Waals surface area contributed by atoms with E-state index in [2.05, 4.69) is 5.32 Å². The third kappa shape index (κ3) is 4.47. The Labute approximate surface area is 172 Å². The van der Waals surface area contributed by atoms with Crippen LogP contribution in [0.3, 0.4) is 0 Å². The van der Waals surface area contributed by atoms with Crippen molar-refractivity contribution in [2.75, 3.05) is 38.5 Å². The molecule has 1 aliphatic heterocycles. The van der Waals surface area contributed by atoms with Gasteiger partial charge in [0.05, 0.1) is 10.0 Å². The van der Waals surface area contributed by atoms with E-state index in [1.165, 1.54) is 22.5 Å². The molecule has 10 heteroatoms. The van der Waals surface area contributed by atoms with Gasteiger partial charge in [-0.15, -0.1) is 0 Å². The molecule has 0 radical (unpaired) electrons. The van der Waals surface area contributed by atoms with Crippen molar-refractivity contribution < 1.29 is 17.6 Å². The summed E-state index contributed by atoms with van der Waals surface area (Å²) in [6.07, 6.45) is 0. The number of nitrogens with one attached hydrogen (secondary N) is 1. The van der Waals surface area contributed by atoms with Gasteiger partial charge < -0.3 is 10.2 Å². The number of hydrogen-bond donors (Lipinski definition) is 1. The largest absolute Gasteiger partial charge is 0.322 e. The minimum Gasteiger partial charge on any atom is -0.322 e. The lowest BCUT2D eigenvalue weighted by molar-refractivity contribution is 0.102. The van der Waals surface area contributed by atoms with Crippen LogP contribution in [0, 0.1) is 5.82 Å². The fraction of sp³-hybridized carbons (Fsp3) is 0.278. The van der Waals surface area contributed by atoms with Crippen LogP contribution < -0.4 is 5.32 Å². The highest BCUT2D eigenvalue weighted by Crippen LogP contribution is 2.26. The Hall–Kier alpha value is -1.71. The Morgan fingerprint density at radius 2 is 1.71 bits per heavy atom. The number of rotatable bonds is 4. The second kappa shape index (κ2) is 8.34. The average Bonchev–Trinajstić information content (AvgIpc) is 2.65. The van der Waals surface area contributed by atoms with E-state index in [0.717, 1.165) is 12.1 Å². The lowest BCUT2D eigenvalue weighted by Crippen LogP contribution is -2.47. The molecule has 1 fully saturated rings. The van der Waals surface area contributed by atoms with Gasteiger partial charge in [0.15, 0.2) is 0 Å². The third-order valence-corrected chi connectivity index (χ3v) is 7.10. The number of carbonyl (C=O) groups is 1. The summed E-state index contributed by atoms with van der Waals surface area (Å²) in [5.41, 5.74) is 0.396. The lowest BCUT2D eigenvalue weighted by Gasteiger charge is -2.31. The van der Waals surface area contributed by atoms with E-state index in [9.17, 15) is 17.6 Å². The van der Waals surface area contributed by atoms with Crippen LogP contribution in [-0.2, 0) is 10.0 Å². The molecule has 6 nitrogen and oxygen atoms in total. The van der Waals surface area contributed by atoms with Crippen molar-refractivity contribution in [1.82, 2.24) is 9.21 Å². The number of halogens is 3. The number of hydrogen-bond acceptors (Lipinski definition) is 4. The molecule has 2 aromatic carbocycles. The van der Waals surface area contributed by atoms with E-state index < -0.39 is 26.6 Å². The van der Waals surface area contributed by atoms with Crippen molar-refractivity contribution in [3.05, 3.63) is 57.8 Å². The summed E-state index contributed by atoms with van der Waals surface area (Å²) in [6.45, 7) is 1.63. The summed E-state index contributed by atoms with van der Waals surface area (Å²) in [5.74, 6) is -1.49. The summed E-state index contributed by atoms with van der Waals surface area (Å²) >= 11 is 11.8. The highest BCUT2D eigenvalue weighted by Gasteiger charge is 2.30. The van der Waals surface area contributed by atoms with Crippen molar-refractivity contribution in [3.63, 3.8) is 0 Å². The van der Waals surface area contributed by atoms with Gasteiger partial charge in [0.2, 0.25) is 10.0 Å². The van der Waals surface area contributed by atoms with E-state index in [1.807, 2.05) is 11.9 Å². The maximum atomic E-state index is 14.3. The Balaban J connectivity index is 1.86. The fourth-order valence-electron chi connectivity index (χ4n) is 2.79. The number of benzene rings is 2. The molecule has 3 rings (SSSR count). The lowest BCUT2D eigenvalue weighted by atomic mass is 10.2. The Bertz CT molecular complexity index is 1010. The molecule has 28 heavy (non-hydrogen) atoms. The third-order valence-electron chi connectivity index (χ3n) is 4.45. The predicted octanol–water partition coefficient (Wildman–Crippen LogP) is 3.32. The standard InChI is InChI=1S/C18H18Cl2FN3O3S/c1-23-6-8-24(9-7-23)28(26,27)17-10-12(2-5-16(17)21)18(25)22-13-3-4-14(19)15(20)11-13/h2-5,10-11H,6-9H2,1H3,(H,22,25). The zero-order valence-electron chi connectivity index (χ0n) is 15.0. The van der Waals surface area contributed by atoms with Gasteiger partial charge in [0.25, 0.3) is 5.91 Å². The van der Waals surface area contributed by atoms with Gasteiger partial charge in [-0.05, 0) is 43.4 Å². The molecular weight excluding hydrogens is 428 g/mol. The number of nitrogens with zero attached hydrogens (tertiary/aromatic N) is 2. The number of likely N-dealkylation sites (N-methyl/N-ethyl adjacent to an activating group) is 1. The van der Waals surface area contributed by atoms with E-state index >= 15 is 0 Å². The summed E-state index contributed by atoms with van der Waals surface area (Å²) in [7, 11) is -2.16. The molecule has 1 saturated heterocycles. The van der Waals surface area contributed by atoms with Crippen LogP contribution >= 0.6 is 23.2 Å². The van der Waals surface area contributed by atoms with Crippen LogP contribution in [0.5, 0.6) is 0 Å². The molecule has 0 saturated carbocycles. The zero-order chi connectivity index (χ0) is 20.5.